The summed E-state index contributed by atoms with van der Waals surface area (Å²) in [6, 6.07) is 5.90. The minimum atomic E-state index is -1.27. The van der Waals surface area contributed by atoms with E-state index in [1.807, 2.05) is 6.92 Å². The zero-order valence-electron chi connectivity index (χ0n) is 11.2. The van der Waals surface area contributed by atoms with Gasteiger partial charge in [-0.2, -0.15) is 0 Å². The summed E-state index contributed by atoms with van der Waals surface area (Å²) in [5.41, 5.74) is 5.37. The molecular weight excluding hydrogens is 246 g/mol. The van der Waals surface area contributed by atoms with E-state index in [4.69, 9.17) is 15.6 Å². The maximum atomic E-state index is 11.9. The van der Waals surface area contributed by atoms with E-state index >= 15 is 0 Å². The Balaban J connectivity index is 2.81. The molecule has 0 heterocycles. The van der Waals surface area contributed by atoms with Gasteiger partial charge in [-0.05, 0) is 31.0 Å². The Labute approximate surface area is 112 Å². The number of benzene rings is 1. The first kappa shape index (κ1) is 15.2. The molecule has 0 radical (unpaired) electrons. The Hall–Kier alpha value is -1.88. The number of carboxylic acid groups (broad SMARTS) is 1. The highest BCUT2D eigenvalue weighted by Crippen LogP contribution is 2.20. The summed E-state index contributed by atoms with van der Waals surface area (Å²) in [7, 11) is 0. The van der Waals surface area contributed by atoms with Crippen LogP contribution in [0.4, 0.5) is 0 Å². The number of carboxylic acids is 1. The lowest BCUT2D eigenvalue weighted by molar-refractivity contribution is -0.150. The standard InChI is InChI=1S/C14H19NO4/c1-3-4-9-19-13(18)14(2,15)11-7-5-10(6-8-11)12(16)17/h5-8H,3-4,9,15H2,1-2H3,(H,16,17). The summed E-state index contributed by atoms with van der Waals surface area (Å²) in [5.74, 6) is -1.53. The molecule has 0 amide bonds. The van der Waals surface area contributed by atoms with Gasteiger partial charge in [0.2, 0.25) is 0 Å². The Kier molecular flexibility index (Phi) is 5.06. The third-order valence-electron chi connectivity index (χ3n) is 2.89. The molecule has 0 bridgehead atoms. The number of nitrogens with two attached hydrogens (primary N) is 1. The largest absolute Gasteiger partial charge is 0.478 e. The summed E-state index contributed by atoms with van der Waals surface area (Å²) >= 11 is 0. The molecule has 1 aromatic carbocycles. The minimum absolute atomic E-state index is 0.152. The number of ether oxygens (including phenoxy) is 1. The third kappa shape index (κ3) is 3.79. The number of esters is 1. The molecule has 0 saturated heterocycles. The van der Waals surface area contributed by atoms with Crippen LogP contribution in [-0.2, 0) is 15.1 Å². The first-order valence-corrected chi connectivity index (χ1v) is 6.19. The molecule has 1 unspecified atom stereocenters. The second-order valence-electron chi connectivity index (χ2n) is 4.57. The molecule has 19 heavy (non-hydrogen) atoms. The summed E-state index contributed by atoms with van der Waals surface area (Å²) in [6.45, 7) is 3.90. The fourth-order valence-corrected chi connectivity index (χ4v) is 1.54. The maximum absolute atomic E-state index is 11.9. The van der Waals surface area contributed by atoms with E-state index in [9.17, 15) is 9.59 Å². The predicted octanol–water partition coefficient (Wildman–Crippen LogP) is 1.90. The van der Waals surface area contributed by atoms with Gasteiger partial charge in [-0.1, -0.05) is 25.5 Å². The van der Waals surface area contributed by atoms with E-state index in [1.165, 1.54) is 24.3 Å². The smallest absolute Gasteiger partial charge is 0.335 e. The Morgan fingerprint density at radius 3 is 2.37 bits per heavy atom. The topological polar surface area (TPSA) is 89.6 Å². The summed E-state index contributed by atoms with van der Waals surface area (Å²) in [5, 5.41) is 8.81. The van der Waals surface area contributed by atoms with Gasteiger partial charge in [-0.3, -0.25) is 0 Å². The van der Waals surface area contributed by atoms with Gasteiger partial charge in [0.05, 0.1) is 12.2 Å². The van der Waals surface area contributed by atoms with E-state index in [2.05, 4.69) is 0 Å². The molecule has 0 saturated carbocycles. The summed E-state index contributed by atoms with van der Waals surface area (Å²) in [4.78, 5) is 22.6. The van der Waals surface area contributed by atoms with Crippen LogP contribution in [0.1, 0.15) is 42.6 Å². The molecule has 0 spiro atoms. The van der Waals surface area contributed by atoms with Gasteiger partial charge < -0.3 is 15.6 Å². The van der Waals surface area contributed by atoms with Crippen LogP contribution in [0.25, 0.3) is 0 Å². The van der Waals surface area contributed by atoms with E-state index in [-0.39, 0.29) is 5.56 Å². The molecule has 3 N–H and O–H groups in total. The van der Waals surface area contributed by atoms with Gasteiger partial charge in [-0.15, -0.1) is 0 Å². The van der Waals surface area contributed by atoms with Crippen molar-refractivity contribution in [3.05, 3.63) is 35.4 Å². The van der Waals surface area contributed by atoms with Crippen molar-refractivity contribution < 1.29 is 19.4 Å². The van der Waals surface area contributed by atoms with Crippen molar-refractivity contribution >= 4 is 11.9 Å². The normalized spacial score (nSPS) is 13.6. The molecule has 0 fully saturated rings. The van der Waals surface area contributed by atoms with Gasteiger partial charge in [-0.25, -0.2) is 9.59 Å². The number of hydrogen-bond donors (Lipinski definition) is 2. The number of rotatable bonds is 6. The highest BCUT2D eigenvalue weighted by atomic mass is 16.5. The van der Waals surface area contributed by atoms with Crippen LogP contribution >= 0.6 is 0 Å². The van der Waals surface area contributed by atoms with Crippen LogP contribution < -0.4 is 5.73 Å². The Bertz CT molecular complexity index is 451. The van der Waals surface area contributed by atoms with Gasteiger partial charge in [0.1, 0.15) is 5.54 Å². The zero-order valence-corrected chi connectivity index (χ0v) is 11.2. The van der Waals surface area contributed by atoms with Crippen LogP contribution in [0.15, 0.2) is 24.3 Å². The molecular formula is C14H19NO4. The fraction of sp³-hybridized carbons (Fsp3) is 0.429. The number of carbonyl (C=O) groups excluding carboxylic acids is 1. The monoisotopic (exact) mass is 265 g/mol. The van der Waals surface area contributed by atoms with Gasteiger partial charge in [0.15, 0.2) is 0 Å². The minimum Gasteiger partial charge on any atom is -0.478 e. The van der Waals surface area contributed by atoms with Gasteiger partial charge >= 0.3 is 11.9 Å². The van der Waals surface area contributed by atoms with Crippen LogP contribution in [0.2, 0.25) is 0 Å². The summed E-state index contributed by atoms with van der Waals surface area (Å²) < 4.78 is 5.10. The molecule has 0 aromatic heterocycles. The van der Waals surface area contributed by atoms with Crippen molar-refractivity contribution in [3.63, 3.8) is 0 Å². The zero-order chi connectivity index (χ0) is 14.5. The SMILES string of the molecule is CCCCOC(=O)C(C)(N)c1ccc(C(=O)O)cc1. The maximum Gasteiger partial charge on any atom is 0.335 e. The molecule has 1 rings (SSSR count). The average molecular weight is 265 g/mol. The van der Waals surface area contributed by atoms with E-state index in [1.54, 1.807) is 6.92 Å². The highest BCUT2D eigenvalue weighted by molar-refractivity contribution is 5.88. The fourth-order valence-electron chi connectivity index (χ4n) is 1.54. The first-order chi connectivity index (χ1) is 8.89. The molecule has 5 heteroatoms. The lowest BCUT2D eigenvalue weighted by Gasteiger charge is -2.23. The summed E-state index contributed by atoms with van der Waals surface area (Å²) in [6.07, 6.45) is 1.72. The van der Waals surface area contributed by atoms with E-state index in [0.717, 1.165) is 12.8 Å². The van der Waals surface area contributed by atoms with Crippen molar-refractivity contribution in [1.29, 1.82) is 0 Å². The van der Waals surface area contributed by atoms with Crippen LogP contribution in [0.3, 0.4) is 0 Å². The number of carbonyl (C=O) groups is 2. The van der Waals surface area contributed by atoms with E-state index < -0.39 is 17.5 Å². The van der Waals surface area contributed by atoms with Crippen molar-refractivity contribution in [3.8, 4) is 0 Å². The second kappa shape index (κ2) is 6.33. The molecule has 0 aliphatic carbocycles. The molecule has 0 aliphatic rings. The predicted molar refractivity (Wildman–Crippen MR) is 70.8 cm³/mol. The van der Waals surface area contributed by atoms with Crippen LogP contribution in [0.5, 0.6) is 0 Å². The van der Waals surface area contributed by atoms with Gasteiger partial charge in [0, 0.05) is 0 Å². The lowest BCUT2D eigenvalue weighted by Crippen LogP contribution is -2.43. The van der Waals surface area contributed by atoms with Gasteiger partial charge in [0.25, 0.3) is 0 Å². The number of unbranched alkanes of at least 4 members (excludes halogenated alkanes) is 1. The van der Waals surface area contributed by atoms with Crippen LogP contribution in [-0.4, -0.2) is 23.7 Å². The molecule has 0 aliphatic heterocycles. The van der Waals surface area contributed by atoms with Crippen molar-refractivity contribution in [2.24, 2.45) is 5.73 Å². The lowest BCUT2D eigenvalue weighted by atomic mass is 9.92. The number of aromatic carboxylic acids is 1. The van der Waals surface area contributed by atoms with E-state index in [0.29, 0.717) is 12.2 Å². The highest BCUT2D eigenvalue weighted by Gasteiger charge is 2.32. The molecule has 1 aromatic rings. The van der Waals surface area contributed by atoms with Crippen LogP contribution in [0, 0.1) is 0 Å². The Morgan fingerprint density at radius 1 is 1.32 bits per heavy atom. The number of hydrogen-bond acceptors (Lipinski definition) is 4. The quantitative estimate of drug-likeness (QED) is 0.605. The molecule has 1 atom stereocenters. The van der Waals surface area contributed by atoms with Crippen molar-refractivity contribution in [1.82, 2.24) is 0 Å². The Morgan fingerprint density at radius 2 is 1.89 bits per heavy atom. The third-order valence-corrected chi connectivity index (χ3v) is 2.89. The molecule has 104 valence electrons. The van der Waals surface area contributed by atoms with Crippen molar-refractivity contribution in [2.45, 2.75) is 32.2 Å². The average Bonchev–Trinajstić information content (AvgIpc) is 2.39. The molecule has 5 nitrogen and oxygen atoms in total. The second-order valence-corrected chi connectivity index (χ2v) is 4.57. The first-order valence-electron chi connectivity index (χ1n) is 6.19. The van der Waals surface area contributed by atoms with Crippen molar-refractivity contribution in [2.75, 3.05) is 6.61 Å².